The van der Waals surface area contributed by atoms with E-state index in [9.17, 15) is 18.0 Å². The van der Waals surface area contributed by atoms with E-state index in [1.807, 2.05) is 0 Å². The summed E-state index contributed by atoms with van der Waals surface area (Å²) in [6, 6.07) is 3.49. The Labute approximate surface area is 109 Å². The second-order valence-electron chi connectivity index (χ2n) is 3.36. The van der Waals surface area contributed by atoms with Crippen LogP contribution in [0.2, 0.25) is 0 Å². The van der Waals surface area contributed by atoms with Crippen molar-refractivity contribution in [2.45, 2.75) is 12.2 Å². The molecule has 7 heteroatoms. The van der Waals surface area contributed by atoms with Gasteiger partial charge >= 0.3 is 11.5 Å². The third-order valence-corrected chi connectivity index (χ3v) is 2.96. The van der Waals surface area contributed by atoms with Gasteiger partial charge in [-0.15, -0.1) is 0 Å². The highest BCUT2D eigenvalue weighted by atomic mass is 79.9. The van der Waals surface area contributed by atoms with E-state index in [1.54, 1.807) is 0 Å². The number of rotatable bonds is 2. The topological polar surface area (TPSA) is 20.3 Å². The number of amides is 1. The maximum absolute atomic E-state index is 12.9. The smallest absolute Gasteiger partial charge is 0.316 e. The van der Waals surface area contributed by atoms with Crippen molar-refractivity contribution >= 4 is 32.9 Å². The number of benzene rings is 1. The molecule has 0 heterocycles. The van der Waals surface area contributed by atoms with Crippen molar-refractivity contribution in [2.75, 3.05) is 7.05 Å². The molecule has 0 aromatic heterocycles. The average molecular weight is 331 g/mol. The first-order chi connectivity index (χ1) is 7.73. The predicted octanol–water partition coefficient (Wildman–Crippen LogP) is 4.34. The fraction of sp³-hybridized carbons (Fsp3) is 0.300. The molecule has 1 aromatic carbocycles. The Balaban J connectivity index is 3.15. The lowest BCUT2D eigenvalue weighted by molar-refractivity contribution is -0.174. The van der Waals surface area contributed by atoms with Gasteiger partial charge in [0.2, 0.25) is 0 Å². The number of carbonyl (C=O) groups excluding carboxylic acids is 1. The van der Waals surface area contributed by atoms with Crippen molar-refractivity contribution in [3.8, 4) is 0 Å². The van der Waals surface area contributed by atoms with Crippen molar-refractivity contribution in [1.29, 1.82) is 0 Å². The highest BCUT2D eigenvalue weighted by molar-refractivity contribution is 9.10. The van der Waals surface area contributed by atoms with Gasteiger partial charge in [0.05, 0.1) is 0 Å². The molecule has 0 fully saturated rings. The average Bonchev–Trinajstić information content (AvgIpc) is 2.19. The van der Waals surface area contributed by atoms with Crippen LogP contribution in [0.4, 0.5) is 18.0 Å². The first-order valence-electron chi connectivity index (χ1n) is 4.48. The summed E-state index contributed by atoms with van der Waals surface area (Å²) in [5.74, 6) is 0. The van der Waals surface area contributed by atoms with E-state index in [0.717, 1.165) is 7.05 Å². The molecule has 1 amide bonds. The van der Waals surface area contributed by atoms with Crippen molar-refractivity contribution in [3.05, 3.63) is 34.3 Å². The standard InChI is InChI=1S/C10H8BrClF3NO/c1-16(9(12)17)8(10(13,14)15)6-2-4-7(11)5-3-6/h2-5,8H,1H3. The Morgan fingerprint density at radius 3 is 2.18 bits per heavy atom. The minimum atomic E-state index is -4.58. The van der Waals surface area contributed by atoms with Crippen LogP contribution in [0.5, 0.6) is 0 Å². The molecule has 0 N–H and O–H groups in total. The molecule has 2 nitrogen and oxygen atoms in total. The van der Waals surface area contributed by atoms with Crippen LogP contribution in [0, 0.1) is 0 Å². The van der Waals surface area contributed by atoms with Crippen LogP contribution >= 0.6 is 27.5 Å². The molecule has 1 rings (SSSR count). The van der Waals surface area contributed by atoms with Crippen molar-refractivity contribution in [3.63, 3.8) is 0 Å². The zero-order valence-corrected chi connectivity index (χ0v) is 11.0. The molecule has 0 spiro atoms. The van der Waals surface area contributed by atoms with Gasteiger partial charge in [0, 0.05) is 11.5 Å². The predicted molar refractivity (Wildman–Crippen MR) is 62.0 cm³/mol. The summed E-state index contributed by atoms with van der Waals surface area (Å²) >= 11 is 8.21. The highest BCUT2D eigenvalue weighted by Crippen LogP contribution is 2.37. The summed E-state index contributed by atoms with van der Waals surface area (Å²) < 4.78 is 39.2. The molecule has 0 saturated carbocycles. The van der Waals surface area contributed by atoms with Crippen molar-refractivity contribution < 1.29 is 18.0 Å². The van der Waals surface area contributed by atoms with E-state index < -0.39 is 17.6 Å². The van der Waals surface area contributed by atoms with Crippen LogP contribution in [-0.4, -0.2) is 23.5 Å². The van der Waals surface area contributed by atoms with Crippen molar-refractivity contribution in [1.82, 2.24) is 4.90 Å². The lowest BCUT2D eigenvalue weighted by Crippen LogP contribution is -2.37. The van der Waals surface area contributed by atoms with Crippen LogP contribution in [0.1, 0.15) is 11.6 Å². The summed E-state index contributed by atoms with van der Waals surface area (Å²) in [6.45, 7) is 0. The zero-order chi connectivity index (χ0) is 13.2. The van der Waals surface area contributed by atoms with E-state index in [1.165, 1.54) is 24.3 Å². The molecule has 17 heavy (non-hydrogen) atoms. The van der Waals surface area contributed by atoms with Gasteiger partial charge in [0.1, 0.15) is 0 Å². The Morgan fingerprint density at radius 1 is 1.35 bits per heavy atom. The largest absolute Gasteiger partial charge is 0.413 e. The SMILES string of the molecule is CN(C(=O)Cl)C(c1ccc(Br)cc1)C(F)(F)F. The number of carbonyl (C=O) groups is 1. The fourth-order valence-corrected chi connectivity index (χ4v) is 1.74. The summed E-state index contributed by atoms with van der Waals surface area (Å²) in [7, 11) is 1.01. The van der Waals surface area contributed by atoms with Crippen LogP contribution in [-0.2, 0) is 0 Å². The number of nitrogens with zero attached hydrogens (tertiary/aromatic N) is 1. The number of alkyl halides is 3. The zero-order valence-electron chi connectivity index (χ0n) is 8.63. The van der Waals surface area contributed by atoms with E-state index in [2.05, 4.69) is 15.9 Å². The monoisotopic (exact) mass is 329 g/mol. The number of hydrogen-bond donors (Lipinski definition) is 0. The number of hydrogen-bond acceptors (Lipinski definition) is 1. The molecule has 94 valence electrons. The van der Waals surface area contributed by atoms with E-state index in [4.69, 9.17) is 11.6 Å². The van der Waals surface area contributed by atoms with Crippen LogP contribution < -0.4 is 0 Å². The van der Waals surface area contributed by atoms with Gasteiger partial charge in [0.15, 0.2) is 6.04 Å². The molecule has 0 saturated heterocycles. The highest BCUT2D eigenvalue weighted by Gasteiger charge is 2.44. The molecule has 0 aliphatic carbocycles. The third kappa shape index (κ3) is 3.61. The van der Waals surface area contributed by atoms with E-state index >= 15 is 0 Å². The Bertz CT molecular complexity index is 407. The van der Waals surface area contributed by atoms with Gasteiger partial charge in [-0.05, 0) is 29.3 Å². The quantitative estimate of drug-likeness (QED) is 0.583. The molecule has 1 aromatic rings. The van der Waals surface area contributed by atoms with Gasteiger partial charge in [-0.2, -0.15) is 13.2 Å². The van der Waals surface area contributed by atoms with Crippen LogP contribution in [0.15, 0.2) is 28.7 Å². The molecule has 0 aliphatic heterocycles. The number of halogens is 5. The van der Waals surface area contributed by atoms with Gasteiger partial charge in [0.25, 0.3) is 0 Å². The minimum absolute atomic E-state index is 0.0443. The van der Waals surface area contributed by atoms with Crippen LogP contribution in [0.3, 0.4) is 0 Å². The second-order valence-corrected chi connectivity index (χ2v) is 4.60. The van der Waals surface area contributed by atoms with Gasteiger partial charge in [-0.1, -0.05) is 28.1 Å². The maximum atomic E-state index is 12.9. The third-order valence-electron chi connectivity index (χ3n) is 2.16. The molecule has 1 atom stereocenters. The molecular formula is C10H8BrClF3NO. The van der Waals surface area contributed by atoms with Gasteiger partial charge in [-0.25, -0.2) is 0 Å². The van der Waals surface area contributed by atoms with Gasteiger partial charge in [-0.3, -0.25) is 4.79 Å². The minimum Gasteiger partial charge on any atom is -0.316 e. The fourth-order valence-electron chi connectivity index (χ4n) is 1.38. The molecule has 0 bridgehead atoms. The lowest BCUT2D eigenvalue weighted by Gasteiger charge is -2.28. The summed E-state index contributed by atoms with van der Waals surface area (Å²) in [5.41, 5.74) is -0.0443. The first kappa shape index (κ1) is 14.3. The Hall–Kier alpha value is -0.750. The van der Waals surface area contributed by atoms with E-state index in [0.29, 0.717) is 9.37 Å². The summed E-state index contributed by atoms with van der Waals surface area (Å²) in [5, 5.41) is -1.16. The molecule has 1 unspecified atom stereocenters. The summed E-state index contributed by atoms with van der Waals surface area (Å²) in [4.78, 5) is 11.3. The summed E-state index contributed by atoms with van der Waals surface area (Å²) in [6.07, 6.45) is -4.58. The Morgan fingerprint density at radius 2 is 1.82 bits per heavy atom. The normalized spacial score (nSPS) is 13.3. The lowest BCUT2D eigenvalue weighted by atomic mass is 10.1. The van der Waals surface area contributed by atoms with Gasteiger partial charge < -0.3 is 4.90 Å². The molecule has 0 aliphatic rings. The van der Waals surface area contributed by atoms with Crippen LogP contribution in [0.25, 0.3) is 0 Å². The Kier molecular flexibility index (Phi) is 4.43. The second kappa shape index (κ2) is 5.27. The first-order valence-corrected chi connectivity index (χ1v) is 5.65. The maximum Gasteiger partial charge on any atom is 0.413 e. The molecule has 0 radical (unpaired) electrons. The molecular weight excluding hydrogens is 322 g/mol. The van der Waals surface area contributed by atoms with Crippen molar-refractivity contribution in [2.24, 2.45) is 0 Å². The van der Waals surface area contributed by atoms with E-state index in [-0.39, 0.29) is 5.56 Å².